The average Bonchev–Trinajstić information content (AvgIpc) is 2.45. The number of unbranched alkanes of at least 4 members (excludes halogenated alkanes) is 3. The molecule has 112 valence electrons. The molecule has 1 aromatic rings. The largest absolute Gasteiger partial charge is 0.494 e. The van der Waals surface area contributed by atoms with Gasteiger partial charge >= 0.3 is 5.97 Å². The second-order valence-electron chi connectivity index (χ2n) is 5.02. The molecule has 0 saturated heterocycles. The van der Waals surface area contributed by atoms with E-state index in [1.165, 1.54) is 0 Å². The molecule has 0 atom stereocenters. The summed E-state index contributed by atoms with van der Waals surface area (Å²) in [5.41, 5.74) is 0. The van der Waals surface area contributed by atoms with E-state index in [-0.39, 0.29) is 6.42 Å². The van der Waals surface area contributed by atoms with Gasteiger partial charge in [0.15, 0.2) is 0 Å². The van der Waals surface area contributed by atoms with Gasteiger partial charge in [0.1, 0.15) is 5.75 Å². The first kappa shape index (κ1) is 16.5. The van der Waals surface area contributed by atoms with E-state index < -0.39 is 5.97 Å². The maximum Gasteiger partial charge on any atom is 0.304 e. The van der Waals surface area contributed by atoms with Crippen molar-refractivity contribution in [2.45, 2.75) is 32.1 Å². The normalized spacial score (nSPS) is 10.7. The van der Waals surface area contributed by atoms with Crippen molar-refractivity contribution in [2.75, 3.05) is 26.7 Å². The minimum absolute atomic E-state index is 0.224. The molecule has 0 bridgehead atoms. The van der Waals surface area contributed by atoms with Crippen molar-refractivity contribution in [1.82, 2.24) is 4.90 Å². The Morgan fingerprint density at radius 2 is 1.80 bits per heavy atom. The molecule has 4 nitrogen and oxygen atoms in total. The number of hydrogen-bond donors (Lipinski definition) is 1. The van der Waals surface area contributed by atoms with Gasteiger partial charge in [-0.25, -0.2) is 0 Å². The Balaban J connectivity index is 1.91. The molecule has 0 radical (unpaired) electrons. The number of carboxylic acid groups (broad SMARTS) is 1. The van der Waals surface area contributed by atoms with Crippen molar-refractivity contribution in [1.29, 1.82) is 0 Å². The standard InChI is InChI=1S/C16H25NO3/c1-17(13-11-16(18)19)12-7-2-3-8-14-20-15-9-5-4-6-10-15/h4-6,9-10H,2-3,7-8,11-14H2,1H3,(H,18,19). The summed E-state index contributed by atoms with van der Waals surface area (Å²) in [6.45, 7) is 2.36. The number of ether oxygens (including phenoxy) is 1. The van der Waals surface area contributed by atoms with Crippen LogP contribution in [0, 0.1) is 0 Å². The van der Waals surface area contributed by atoms with Crippen LogP contribution in [0.4, 0.5) is 0 Å². The van der Waals surface area contributed by atoms with Crippen molar-refractivity contribution >= 4 is 5.97 Å². The highest BCUT2D eigenvalue weighted by Gasteiger charge is 2.02. The molecular weight excluding hydrogens is 254 g/mol. The molecule has 0 aliphatic rings. The van der Waals surface area contributed by atoms with Crippen molar-refractivity contribution < 1.29 is 14.6 Å². The predicted molar refractivity (Wildman–Crippen MR) is 80.2 cm³/mol. The highest BCUT2D eigenvalue weighted by Crippen LogP contribution is 2.09. The van der Waals surface area contributed by atoms with E-state index in [9.17, 15) is 4.79 Å². The van der Waals surface area contributed by atoms with Crippen molar-refractivity contribution in [3.05, 3.63) is 30.3 Å². The summed E-state index contributed by atoms with van der Waals surface area (Å²) in [6, 6.07) is 9.87. The predicted octanol–water partition coefficient (Wildman–Crippen LogP) is 3.03. The second kappa shape index (κ2) is 10.3. The number of para-hydroxylation sites is 1. The van der Waals surface area contributed by atoms with Gasteiger partial charge in [-0.2, -0.15) is 0 Å². The molecule has 0 amide bonds. The quantitative estimate of drug-likeness (QED) is 0.633. The van der Waals surface area contributed by atoms with Gasteiger partial charge in [0.2, 0.25) is 0 Å². The first-order valence-corrected chi connectivity index (χ1v) is 7.26. The van der Waals surface area contributed by atoms with Gasteiger partial charge < -0.3 is 14.7 Å². The maximum absolute atomic E-state index is 10.4. The van der Waals surface area contributed by atoms with Crippen LogP contribution < -0.4 is 4.74 Å². The molecule has 0 unspecified atom stereocenters. The van der Waals surface area contributed by atoms with Crippen LogP contribution in [-0.4, -0.2) is 42.7 Å². The van der Waals surface area contributed by atoms with Crippen LogP contribution in [0.1, 0.15) is 32.1 Å². The van der Waals surface area contributed by atoms with Crippen LogP contribution in [0.15, 0.2) is 30.3 Å². The van der Waals surface area contributed by atoms with E-state index in [4.69, 9.17) is 9.84 Å². The van der Waals surface area contributed by atoms with E-state index in [2.05, 4.69) is 4.90 Å². The monoisotopic (exact) mass is 279 g/mol. The third-order valence-electron chi connectivity index (χ3n) is 3.15. The van der Waals surface area contributed by atoms with Gasteiger partial charge in [-0.05, 0) is 38.6 Å². The van der Waals surface area contributed by atoms with E-state index in [0.717, 1.165) is 44.6 Å². The van der Waals surface area contributed by atoms with Crippen LogP contribution in [-0.2, 0) is 4.79 Å². The lowest BCUT2D eigenvalue weighted by Gasteiger charge is -2.14. The van der Waals surface area contributed by atoms with Gasteiger partial charge in [-0.1, -0.05) is 31.0 Å². The Morgan fingerprint density at radius 1 is 1.10 bits per heavy atom. The SMILES string of the molecule is CN(CCCCCCOc1ccccc1)CCC(=O)O. The maximum atomic E-state index is 10.4. The van der Waals surface area contributed by atoms with E-state index in [0.29, 0.717) is 6.54 Å². The topological polar surface area (TPSA) is 49.8 Å². The minimum atomic E-state index is -0.727. The van der Waals surface area contributed by atoms with Gasteiger partial charge in [-0.15, -0.1) is 0 Å². The van der Waals surface area contributed by atoms with Gasteiger partial charge in [0, 0.05) is 6.54 Å². The van der Waals surface area contributed by atoms with Crippen LogP contribution in [0.5, 0.6) is 5.75 Å². The fraction of sp³-hybridized carbons (Fsp3) is 0.562. The van der Waals surface area contributed by atoms with Crippen LogP contribution in [0.25, 0.3) is 0 Å². The summed E-state index contributed by atoms with van der Waals surface area (Å²) < 4.78 is 5.62. The minimum Gasteiger partial charge on any atom is -0.494 e. The molecule has 4 heteroatoms. The number of rotatable bonds is 11. The van der Waals surface area contributed by atoms with Crippen molar-refractivity contribution in [2.24, 2.45) is 0 Å². The first-order chi connectivity index (χ1) is 9.68. The summed E-state index contributed by atoms with van der Waals surface area (Å²) in [5.74, 6) is 0.204. The number of carbonyl (C=O) groups is 1. The zero-order valence-corrected chi connectivity index (χ0v) is 12.3. The number of hydrogen-bond acceptors (Lipinski definition) is 3. The Bertz CT molecular complexity index is 367. The molecule has 1 rings (SSSR count). The van der Waals surface area contributed by atoms with Crippen LogP contribution in [0.3, 0.4) is 0 Å². The number of nitrogens with zero attached hydrogens (tertiary/aromatic N) is 1. The zero-order valence-electron chi connectivity index (χ0n) is 12.3. The van der Waals surface area contributed by atoms with Gasteiger partial charge in [-0.3, -0.25) is 4.79 Å². The molecule has 0 saturated carbocycles. The Morgan fingerprint density at radius 3 is 2.50 bits per heavy atom. The molecule has 1 N–H and O–H groups in total. The third kappa shape index (κ3) is 8.53. The summed E-state index contributed by atoms with van der Waals surface area (Å²) >= 11 is 0. The molecule has 0 aliphatic carbocycles. The van der Waals surface area contributed by atoms with E-state index in [1.54, 1.807) is 0 Å². The summed E-state index contributed by atoms with van der Waals surface area (Å²) in [4.78, 5) is 12.5. The lowest BCUT2D eigenvalue weighted by molar-refractivity contribution is -0.137. The molecule has 1 aromatic carbocycles. The fourth-order valence-corrected chi connectivity index (χ4v) is 1.94. The van der Waals surface area contributed by atoms with Crippen LogP contribution in [0.2, 0.25) is 0 Å². The second-order valence-corrected chi connectivity index (χ2v) is 5.02. The fourth-order valence-electron chi connectivity index (χ4n) is 1.94. The van der Waals surface area contributed by atoms with Gasteiger partial charge in [0.05, 0.1) is 13.0 Å². The number of aliphatic carboxylic acids is 1. The van der Waals surface area contributed by atoms with Gasteiger partial charge in [0.25, 0.3) is 0 Å². The van der Waals surface area contributed by atoms with Crippen LogP contribution >= 0.6 is 0 Å². The third-order valence-corrected chi connectivity index (χ3v) is 3.15. The Hall–Kier alpha value is -1.55. The summed E-state index contributed by atoms with van der Waals surface area (Å²) in [6.07, 6.45) is 4.71. The average molecular weight is 279 g/mol. The molecule has 0 fully saturated rings. The number of benzene rings is 1. The molecule has 0 spiro atoms. The number of carboxylic acids is 1. The molecule has 0 heterocycles. The highest BCUT2D eigenvalue weighted by molar-refractivity contribution is 5.66. The molecule has 0 aliphatic heterocycles. The smallest absolute Gasteiger partial charge is 0.304 e. The van der Waals surface area contributed by atoms with E-state index >= 15 is 0 Å². The summed E-state index contributed by atoms with van der Waals surface area (Å²) in [5, 5.41) is 8.58. The van der Waals surface area contributed by atoms with Crippen molar-refractivity contribution in [3.8, 4) is 5.75 Å². The highest BCUT2D eigenvalue weighted by atomic mass is 16.5. The van der Waals surface area contributed by atoms with Crippen molar-refractivity contribution in [3.63, 3.8) is 0 Å². The lowest BCUT2D eigenvalue weighted by atomic mass is 10.2. The Labute approximate surface area is 121 Å². The van der Waals surface area contributed by atoms with E-state index in [1.807, 2.05) is 37.4 Å². The first-order valence-electron chi connectivity index (χ1n) is 7.26. The molecule has 0 aromatic heterocycles. The molecule has 20 heavy (non-hydrogen) atoms. The zero-order chi connectivity index (χ0) is 14.6. The lowest BCUT2D eigenvalue weighted by Crippen LogP contribution is -2.22. The molecular formula is C16H25NO3. The summed E-state index contributed by atoms with van der Waals surface area (Å²) in [7, 11) is 1.97. The Kier molecular flexibility index (Phi) is 8.47.